The van der Waals surface area contributed by atoms with Gasteiger partial charge in [-0.15, -0.1) is 0 Å². The fourth-order valence-corrected chi connectivity index (χ4v) is 3.87. The molecular formula is C11H14F6O. The Morgan fingerprint density at radius 1 is 1.17 bits per heavy atom. The van der Waals surface area contributed by atoms with E-state index in [0.29, 0.717) is 6.42 Å². The highest BCUT2D eigenvalue weighted by Gasteiger charge is 2.75. The average molecular weight is 276 g/mol. The Kier molecular flexibility index (Phi) is 2.75. The van der Waals surface area contributed by atoms with Crippen LogP contribution in [-0.2, 0) is 0 Å². The molecule has 0 aromatic carbocycles. The number of halogens is 6. The number of rotatable bonds is 1. The van der Waals surface area contributed by atoms with Crippen LogP contribution in [0.15, 0.2) is 0 Å². The Labute approximate surface area is 100 Å². The molecule has 4 atom stereocenters. The van der Waals surface area contributed by atoms with Gasteiger partial charge < -0.3 is 5.11 Å². The summed E-state index contributed by atoms with van der Waals surface area (Å²) in [4.78, 5) is 0. The molecule has 2 bridgehead atoms. The predicted molar refractivity (Wildman–Crippen MR) is 50.6 cm³/mol. The van der Waals surface area contributed by atoms with Gasteiger partial charge in [0.25, 0.3) is 0 Å². The number of fused-ring (bicyclic) bond motifs is 2. The van der Waals surface area contributed by atoms with Crippen molar-refractivity contribution in [1.82, 2.24) is 0 Å². The van der Waals surface area contributed by atoms with Crippen LogP contribution in [0, 0.1) is 16.7 Å². The first-order chi connectivity index (χ1) is 7.92. The van der Waals surface area contributed by atoms with Crippen molar-refractivity contribution in [3.8, 4) is 0 Å². The van der Waals surface area contributed by atoms with E-state index < -0.39 is 41.6 Å². The summed E-state index contributed by atoms with van der Waals surface area (Å²) in [6, 6.07) is 0. The Morgan fingerprint density at radius 2 is 1.72 bits per heavy atom. The summed E-state index contributed by atoms with van der Waals surface area (Å²) in [5.41, 5.74) is -3.75. The standard InChI is InChI=1S/C11H14F6O/c1-8-3-2-6(4-8)9(5-8,11(15,16)17)7(18)10(12,13)14/h6-7,18H,2-5H2,1H3. The molecule has 0 amide bonds. The number of hydrogen-bond acceptors (Lipinski definition) is 1. The monoisotopic (exact) mass is 276 g/mol. The van der Waals surface area contributed by atoms with Crippen molar-refractivity contribution in [3.05, 3.63) is 0 Å². The maximum Gasteiger partial charge on any atom is 0.415 e. The van der Waals surface area contributed by atoms with Gasteiger partial charge in [-0.1, -0.05) is 6.92 Å². The van der Waals surface area contributed by atoms with Gasteiger partial charge in [-0.25, -0.2) is 0 Å². The Hall–Kier alpha value is -0.460. The summed E-state index contributed by atoms with van der Waals surface area (Å²) in [5.74, 6) is -1.13. The molecule has 4 unspecified atom stereocenters. The van der Waals surface area contributed by atoms with E-state index in [1.54, 1.807) is 6.92 Å². The summed E-state index contributed by atoms with van der Waals surface area (Å²) >= 11 is 0. The number of aliphatic hydroxyl groups excluding tert-OH is 1. The molecule has 0 spiro atoms. The molecule has 0 aliphatic heterocycles. The van der Waals surface area contributed by atoms with Gasteiger partial charge >= 0.3 is 12.4 Å². The number of hydrogen-bond donors (Lipinski definition) is 1. The van der Waals surface area contributed by atoms with E-state index in [4.69, 9.17) is 0 Å². The lowest BCUT2D eigenvalue weighted by Crippen LogP contribution is -2.57. The zero-order valence-electron chi connectivity index (χ0n) is 9.70. The second-order valence-corrected chi connectivity index (χ2v) is 5.91. The molecular weight excluding hydrogens is 262 g/mol. The maximum absolute atomic E-state index is 13.2. The van der Waals surface area contributed by atoms with Crippen LogP contribution in [0.5, 0.6) is 0 Å². The van der Waals surface area contributed by atoms with E-state index in [2.05, 4.69) is 0 Å². The van der Waals surface area contributed by atoms with E-state index in [0.717, 1.165) is 0 Å². The van der Waals surface area contributed by atoms with Gasteiger partial charge in [-0.05, 0) is 37.0 Å². The molecule has 1 nitrogen and oxygen atoms in total. The van der Waals surface area contributed by atoms with Gasteiger partial charge in [0.1, 0.15) is 5.41 Å². The normalized spacial score (nSPS) is 42.3. The zero-order chi connectivity index (χ0) is 14.0. The van der Waals surface area contributed by atoms with E-state index in [-0.39, 0.29) is 12.8 Å². The van der Waals surface area contributed by atoms with Crippen LogP contribution in [0.1, 0.15) is 32.6 Å². The quantitative estimate of drug-likeness (QED) is 0.724. The number of aliphatic hydroxyl groups is 1. The molecule has 18 heavy (non-hydrogen) atoms. The van der Waals surface area contributed by atoms with E-state index >= 15 is 0 Å². The molecule has 2 aliphatic rings. The lowest BCUT2D eigenvalue weighted by atomic mass is 9.66. The average Bonchev–Trinajstić information content (AvgIpc) is 2.67. The predicted octanol–water partition coefficient (Wildman–Crippen LogP) is 3.67. The first-order valence-corrected chi connectivity index (χ1v) is 5.74. The Bertz CT molecular complexity index is 348. The summed E-state index contributed by atoms with van der Waals surface area (Å²) in [7, 11) is 0. The molecule has 2 rings (SSSR count). The number of alkyl halides is 6. The van der Waals surface area contributed by atoms with Crippen LogP contribution in [0.25, 0.3) is 0 Å². The Balaban J connectivity index is 2.45. The molecule has 0 aromatic heterocycles. The lowest BCUT2D eigenvalue weighted by molar-refractivity contribution is -0.331. The molecule has 2 saturated carbocycles. The van der Waals surface area contributed by atoms with Crippen molar-refractivity contribution in [2.45, 2.75) is 51.1 Å². The van der Waals surface area contributed by atoms with Gasteiger partial charge in [0.15, 0.2) is 6.10 Å². The lowest BCUT2D eigenvalue weighted by Gasteiger charge is -2.44. The molecule has 106 valence electrons. The maximum atomic E-state index is 13.2. The van der Waals surface area contributed by atoms with Gasteiger partial charge in [-0.3, -0.25) is 0 Å². The third-order valence-electron chi connectivity index (χ3n) is 4.61. The highest BCUT2D eigenvalue weighted by atomic mass is 19.4. The van der Waals surface area contributed by atoms with Crippen molar-refractivity contribution < 1.29 is 31.4 Å². The van der Waals surface area contributed by atoms with Crippen molar-refractivity contribution in [2.24, 2.45) is 16.7 Å². The Morgan fingerprint density at radius 3 is 2.00 bits per heavy atom. The topological polar surface area (TPSA) is 20.2 Å². The molecule has 0 aromatic rings. The molecule has 1 N–H and O–H groups in total. The van der Waals surface area contributed by atoms with E-state index in [1.165, 1.54) is 0 Å². The van der Waals surface area contributed by atoms with Crippen LogP contribution in [0.4, 0.5) is 26.3 Å². The van der Waals surface area contributed by atoms with Gasteiger partial charge in [0.05, 0.1) is 0 Å². The summed E-state index contributed by atoms with van der Waals surface area (Å²) < 4.78 is 77.2. The highest BCUT2D eigenvalue weighted by molar-refractivity contribution is 5.13. The van der Waals surface area contributed by atoms with Crippen LogP contribution < -0.4 is 0 Å². The molecule has 0 heterocycles. The minimum absolute atomic E-state index is 0.100. The molecule has 7 heteroatoms. The van der Waals surface area contributed by atoms with Crippen LogP contribution in [-0.4, -0.2) is 23.6 Å². The highest BCUT2D eigenvalue weighted by Crippen LogP contribution is 2.70. The van der Waals surface area contributed by atoms with Crippen LogP contribution in [0.3, 0.4) is 0 Å². The molecule has 2 aliphatic carbocycles. The third-order valence-corrected chi connectivity index (χ3v) is 4.61. The SMILES string of the molecule is CC12CCC(C1)C(C(O)C(F)(F)F)(C(F)(F)F)C2. The van der Waals surface area contributed by atoms with Crippen molar-refractivity contribution >= 4 is 0 Å². The second-order valence-electron chi connectivity index (χ2n) is 5.91. The summed E-state index contributed by atoms with van der Waals surface area (Å²) in [6.07, 6.45) is -13.5. The summed E-state index contributed by atoms with van der Waals surface area (Å²) in [5, 5.41) is 9.26. The first kappa shape index (κ1) is 14.0. The van der Waals surface area contributed by atoms with Gasteiger partial charge in [0, 0.05) is 0 Å². The third kappa shape index (κ3) is 1.73. The minimum atomic E-state index is -5.24. The van der Waals surface area contributed by atoms with Crippen molar-refractivity contribution in [2.75, 3.05) is 0 Å². The van der Waals surface area contributed by atoms with Crippen LogP contribution >= 0.6 is 0 Å². The molecule has 0 saturated heterocycles. The zero-order valence-corrected chi connectivity index (χ0v) is 9.70. The second kappa shape index (κ2) is 3.55. The van der Waals surface area contributed by atoms with E-state index in [1.807, 2.05) is 0 Å². The molecule has 0 radical (unpaired) electrons. The van der Waals surface area contributed by atoms with Gasteiger partial charge in [-0.2, -0.15) is 26.3 Å². The van der Waals surface area contributed by atoms with Crippen LogP contribution in [0.2, 0.25) is 0 Å². The van der Waals surface area contributed by atoms with Crippen molar-refractivity contribution in [3.63, 3.8) is 0 Å². The fourth-order valence-electron chi connectivity index (χ4n) is 3.87. The summed E-state index contributed by atoms with van der Waals surface area (Å²) in [6.45, 7) is 1.57. The first-order valence-electron chi connectivity index (χ1n) is 5.74. The minimum Gasteiger partial charge on any atom is -0.383 e. The largest absolute Gasteiger partial charge is 0.415 e. The van der Waals surface area contributed by atoms with Crippen molar-refractivity contribution in [1.29, 1.82) is 0 Å². The molecule has 2 fully saturated rings. The smallest absolute Gasteiger partial charge is 0.383 e. The fraction of sp³-hybridized carbons (Fsp3) is 1.00. The van der Waals surface area contributed by atoms with E-state index in [9.17, 15) is 31.4 Å². The van der Waals surface area contributed by atoms with Gasteiger partial charge in [0.2, 0.25) is 0 Å².